The molecule has 0 amide bonds. The van der Waals surface area contributed by atoms with Crippen molar-refractivity contribution in [3.8, 4) is 16.2 Å². The molecule has 0 radical (unpaired) electrons. The minimum Gasteiger partial charge on any atom is -0.484 e. The third kappa shape index (κ3) is 3.42. The number of rotatable bonds is 5. The van der Waals surface area contributed by atoms with Gasteiger partial charge in [0.15, 0.2) is 4.88 Å². The first kappa shape index (κ1) is 16.5. The second-order valence-corrected chi connectivity index (χ2v) is 6.59. The van der Waals surface area contributed by atoms with Crippen LogP contribution in [0.15, 0.2) is 54.9 Å². The smallest absolute Gasteiger partial charge is 0.349 e. The number of carboxylic acid groups (broad SMARTS) is 1. The highest BCUT2D eigenvalue weighted by atomic mass is 35.5. The molecule has 6 heteroatoms. The maximum absolute atomic E-state index is 11.5. The Morgan fingerprint density at radius 2 is 2.08 bits per heavy atom. The summed E-state index contributed by atoms with van der Waals surface area (Å²) < 4.78 is 5.90. The summed E-state index contributed by atoms with van der Waals surface area (Å²) in [5.41, 5.74) is 1.66. The molecule has 0 aliphatic rings. The number of hydrogen-bond donors (Lipinski definition) is 1. The van der Waals surface area contributed by atoms with Crippen LogP contribution in [0.1, 0.15) is 28.3 Å². The molecule has 1 N–H and O–H groups in total. The Kier molecular flexibility index (Phi) is 4.83. The average molecular weight is 360 g/mol. The molecular weight excluding hydrogens is 346 g/mol. The fraction of sp³-hybridized carbons (Fsp3) is 0.111. The van der Waals surface area contributed by atoms with Crippen molar-refractivity contribution in [1.29, 1.82) is 0 Å². The van der Waals surface area contributed by atoms with E-state index in [-0.39, 0.29) is 11.0 Å². The quantitative estimate of drug-likeness (QED) is 0.671. The van der Waals surface area contributed by atoms with Gasteiger partial charge >= 0.3 is 5.97 Å². The van der Waals surface area contributed by atoms with E-state index in [1.807, 2.05) is 37.3 Å². The van der Waals surface area contributed by atoms with Crippen LogP contribution in [-0.2, 0) is 0 Å². The van der Waals surface area contributed by atoms with Crippen LogP contribution in [0.2, 0.25) is 5.02 Å². The zero-order valence-corrected chi connectivity index (χ0v) is 14.3. The van der Waals surface area contributed by atoms with Crippen LogP contribution < -0.4 is 4.74 Å². The molecule has 1 atom stereocenters. The van der Waals surface area contributed by atoms with Crippen molar-refractivity contribution in [1.82, 2.24) is 4.98 Å². The number of aromatic nitrogens is 1. The molecule has 0 bridgehead atoms. The van der Waals surface area contributed by atoms with Gasteiger partial charge in [-0.2, -0.15) is 0 Å². The third-order valence-corrected chi connectivity index (χ3v) is 4.98. The number of hydrogen-bond acceptors (Lipinski definition) is 4. The van der Waals surface area contributed by atoms with Gasteiger partial charge in [0.05, 0.1) is 0 Å². The highest BCUT2D eigenvalue weighted by Crippen LogP contribution is 2.38. The lowest BCUT2D eigenvalue weighted by Crippen LogP contribution is -2.06. The first-order chi connectivity index (χ1) is 11.6. The van der Waals surface area contributed by atoms with E-state index in [9.17, 15) is 9.90 Å². The van der Waals surface area contributed by atoms with E-state index in [4.69, 9.17) is 16.3 Å². The van der Waals surface area contributed by atoms with Crippen molar-refractivity contribution in [3.05, 3.63) is 70.3 Å². The number of nitrogens with zero attached hydrogens (tertiary/aromatic N) is 1. The number of ether oxygens (including phenoxy) is 1. The van der Waals surface area contributed by atoms with E-state index in [1.54, 1.807) is 24.5 Å². The SMILES string of the molecule is CC(Oc1cc(-c2cccnc2)sc1C(=O)O)c1ccccc1Cl. The molecule has 3 aromatic rings. The lowest BCUT2D eigenvalue weighted by atomic mass is 10.1. The highest BCUT2D eigenvalue weighted by molar-refractivity contribution is 7.17. The molecule has 122 valence electrons. The number of pyridine rings is 1. The molecular formula is C18H14ClNO3S. The number of thiophene rings is 1. The van der Waals surface area contributed by atoms with E-state index in [1.165, 1.54) is 0 Å². The van der Waals surface area contributed by atoms with Crippen LogP contribution in [0.3, 0.4) is 0 Å². The minimum absolute atomic E-state index is 0.160. The maximum Gasteiger partial charge on any atom is 0.349 e. The number of aromatic carboxylic acids is 1. The Labute approximate surface area is 148 Å². The van der Waals surface area contributed by atoms with Gasteiger partial charge in [0, 0.05) is 33.4 Å². The summed E-state index contributed by atoms with van der Waals surface area (Å²) >= 11 is 7.35. The Morgan fingerprint density at radius 1 is 1.29 bits per heavy atom. The van der Waals surface area contributed by atoms with E-state index in [2.05, 4.69) is 4.98 Å². The monoisotopic (exact) mass is 359 g/mol. The summed E-state index contributed by atoms with van der Waals surface area (Å²) in [4.78, 5) is 16.6. The fourth-order valence-corrected chi connectivity index (χ4v) is 3.53. The molecule has 24 heavy (non-hydrogen) atoms. The molecule has 0 saturated carbocycles. The Bertz CT molecular complexity index is 864. The van der Waals surface area contributed by atoms with Gasteiger partial charge in [-0.15, -0.1) is 11.3 Å². The highest BCUT2D eigenvalue weighted by Gasteiger charge is 2.21. The van der Waals surface area contributed by atoms with Gasteiger partial charge in [-0.3, -0.25) is 4.98 Å². The van der Waals surface area contributed by atoms with Gasteiger partial charge in [-0.25, -0.2) is 4.79 Å². The van der Waals surface area contributed by atoms with Gasteiger partial charge in [0.25, 0.3) is 0 Å². The Morgan fingerprint density at radius 3 is 2.75 bits per heavy atom. The molecule has 2 heterocycles. The number of halogens is 1. The summed E-state index contributed by atoms with van der Waals surface area (Å²) in [7, 11) is 0. The second-order valence-electron chi connectivity index (χ2n) is 5.13. The minimum atomic E-state index is -1.02. The zero-order chi connectivity index (χ0) is 17.1. The van der Waals surface area contributed by atoms with E-state index >= 15 is 0 Å². The van der Waals surface area contributed by atoms with Crippen LogP contribution in [-0.4, -0.2) is 16.1 Å². The van der Waals surface area contributed by atoms with E-state index in [0.29, 0.717) is 10.8 Å². The zero-order valence-electron chi connectivity index (χ0n) is 12.8. The fourth-order valence-electron chi connectivity index (χ4n) is 2.32. The second kappa shape index (κ2) is 7.03. The van der Waals surface area contributed by atoms with Gasteiger partial charge in [0.1, 0.15) is 11.9 Å². The van der Waals surface area contributed by atoms with Crippen molar-refractivity contribution in [2.75, 3.05) is 0 Å². The van der Waals surface area contributed by atoms with E-state index < -0.39 is 5.97 Å². The lowest BCUT2D eigenvalue weighted by molar-refractivity contribution is 0.0696. The third-order valence-electron chi connectivity index (χ3n) is 3.49. The van der Waals surface area contributed by atoms with Crippen molar-refractivity contribution >= 4 is 28.9 Å². The van der Waals surface area contributed by atoms with Crippen LogP contribution in [0, 0.1) is 0 Å². The molecule has 4 nitrogen and oxygen atoms in total. The molecule has 0 saturated heterocycles. The van der Waals surface area contributed by atoms with Crippen molar-refractivity contribution in [2.45, 2.75) is 13.0 Å². The first-order valence-corrected chi connectivity index (χ1v) is 8.44. The van der Waals surface area contributed by atoms with Gasteiger partial charge < -0.3 is 9.84 Å². The molecule has 1 aromatic carbocycles. The molecule has 2 aromatic heterocycles. The molecule has 1 unspecified atom stereocenters. The molecule has 3 rings (SSSR count). The molecule has 0 aliphatic heterocycles. The largest absolute Gasteiger partial charge is 0.484 e. The molecule has 0 spiro atoms. The van der Waals surface area contributed by atoms with Crippen LogP contribution in [0.25, 0.3) is 10.4 Å². The predicted octanol–water partition coefficient (Wildman–Crippen LogP) is 5.30. The van der Waals surface area contributed by atoms with Gasteiger partial charge in [-0.05, 0) is 25.1 Å². The summed E-state index contributed by atoms with van der Waals surface area (Å²) in [5, 5.41) is 10.0. The maximum atomic E-state index is 11.5. The van der Waals surface area contributed by atoms with Crippen molar-refractivity contribution in [2.24, 2.45) is 0 Å². The Hall–Kier alpha value is -2.37. The van der Waals surface area contributed by atoms with Gasteiger partial charge in [-0.1, -0.05) is 35.9 Å². The summed E-state index contributed by atoms with van der Waals surface area (Å²) in [6, 6.07) is 12.8. The number of carboxylic acids is 1. The predicted molar refractivity (Wildman–Crippen MR) is 95.0 cm³/mol. The topological polar surface area (TPSA) is 59.4 Å². The number of carbonyl (C=O) groups is 1. The van der Waals surface area contributed by atoms with Gasteiger partial charge in [0.2, 0.25) is 0 Å². The lowest BCUT2D eigenvalue weighted by Gasteiger charge is -2.15. The standard InChI is InChI=1S/C18H14ClNO3S/c1-11(13-6-2-3-7-14(13)19)23-15-9-16(24-17(15)18(21)22)12-5-4-8-20-10-12/h2-11H,1H3,(H,21,22). The summed E-state index contributed by atoms with van der Waals surface area (Å²) in [5.74, 6) is -0.685. The molecule has 0 aliphatic carbocycles. The average Bonchev–Trinajstić information content (AvgIpc) is 3.00. The first-order valence-electron chi connectivity index (χ1n) is 7.25. The van der Waals surface area contributed by atoms with Crippen molar-refractivity contribution < 1.29 is 14.6 Å². The Balaban J connectivity index is 1.94. The normalized spacial score (nSPS) is 11.9. The summed E-state index contributed by atoms with van der Waals surface area (Å²) in [6.07, 6.45) is 3.00. The van der Waals surface area contributed by atoms with Crippen LogP contribution in [0.5, 0.6) is 5.75 Å². The van der Waals surface area contributed by atoms with Crippen molar-refractivity contribution in [3.63, 3.8) is 0 Å². The number of benzene rings is 1. The van der Waals surface area contributed by atoms with Crippen LogP contribution >= 0.6 is 22.9 Å². The summed E-state index contributed by atoms with van der Waals surface area (Å²) in [6.45, 7) is 1.84. The van der Waals surface area contributed by atoms with Crippen LogP contribution in [0.4, 0.5) is 0 Å². The molecule has 0 fully saturated rings. The van der Waals surface area contributed by atoms with E-state index in [0.717, 1.165) is 27.3 Å².